The minimum atomic E-state index is -1.24. The average Bonchev–Trinajstić information content (AvgIpc) is 3.30. The van der Waals surface area contributed by atoms with Crippen LogP contribution in [0.25, 0.3) is 22.4 Å². The van der Waals surface area contributed by atoms with Crippen molar-refractivity contribution in [2.24, 2.45) is 0 Å². The maximum atomic E-state index is 14.1. The minimum absolute atomic E-state index is 0. The minimum Gasteiger partial charge on any atom is -0.474 e. The molecule has 0 bridgehead atoms. The number of halogens is 5. The van der Waals surface area contributed by atoms with Crippen molar-refractivity contribution in [3.63, 3.8) is 0 Å². The Morgan fingerprint density at radius 1 is 1.03 bits per heavy atom. The van der Waals surface area contributed by atoms with E-state index in [1.807, 2.05) is 25.1 Å². The van der Waals surface area contributed by atoms with Crippen LogP contribution in [0.5, 0.6) is 5.75 Å². The molecule has 6 nitrogen and oxygen atoms in total. The first-order chi connectivity index (χ1) is 13.8. The van der Waals surface area contributed by atoms with Gasteiger partial charge in [0.25, 0.3) is 0 Å². The Kier molecular flexibility index (Phi) is 7.23. The van der Waals surface area contributed by atoms with Gasteiger partial charge in [0.15, 0.2) is 34.6 Å². The molecule has 0 radical (unpaired) electrons. The summed E-state index contributed by atoms with van der Waals surface area (Å²) in [5.74, 6) is -2.98. The number of H-pyrrole nitrogens is 1. The van der Waals surface area contributed by atoms with E-state index >= 15 is 0 Å². The highest BCUT2D eigenvalue weighted by atomic mass is 35.5. The summed E-state index contributed by atoms with van der Waals surface area (Å²) < 4.78 is 48.7. The molecule has 0 aliphatic carbocycles. The molecule has 2 aromatic carbocycles. The molecule has 4 aromatic rings. The molecule has 4 rings (SSSR count). The molecular formula is C20H20Cl2F3N5O. The highest BCUT2D eigenvalue weighted by molar-refractivity contribution is 5.85. The van der Waals surface area contributed by atoms with E-state index in [-0.39, 0.29) is 24.8 Å². The normalized spacial score (nSPS) is 11.2. The van der Waals surface area contributed by atoms with Crippen molar-refractivity contribution in [1.82, 2.24) is 24.7 Å². The van der Waals surface area contributed by atoms with Crippen molar-refractivity contribution in [3.05, 3.63) is 59.9 Å². The molecule has 0 saturated carbocycles. The lowest BCUT2D eigenvalue weighted by atomic mass is 10.1. The first kappa shape index (κ1) is 24.5. The van der Waals surface area contributed by atoms with Gasteiger partial charge in [0.05, 0.1) is 17.4 Å². The molecule has 1 N–H and O–H groups in total. The Bertz CT molecular complexity index is 1190. The maximum Gasteiger partial charge on any atom is 0.192 e. The second-order valence-corrected chi connectivity index (χ2v) is 7.04. The molecule has 0 aliphatic rings. The lowest BCUT2D eigenvalue weighted by molar-refractivity contribution is 0.0824. The highest BCUT2D eigenvalue weighted by Gasteiger charge is 2.33. The molecule has 11 heteroatoms. The topological polar surface area (TPSA) is 68.6 Å². The zero-order chi connectivity index (χ0) is 20.8. The number of imidazole rings is 1. The molecular weight excluding hydrogens is 454 g/mol. The second-order valence-electron chi connectivity index (χ2n) is 7.04. The summed E-state index contributed by atoms with van der Waals surface area (Å²) in [6.45, 7) is 5.63. The lowest BCUT2D eigenvalue weighted by Gasteiger charge is -2.26. The van der Waals surface area contributed by atoms with Crippen molar-refractivity contribution in [3.8, 4) is 17.1 Å². The number of nitrogens with zero attached hydrogens (tertiary/aromatic N) is 4. The third-order valence-corrected chi connectivity index (χ3v) is 4.61. The number of benzene rings is 2. The predicted molar refractivity (Wildman–Crippen MR) is 115 cm³/mol. The number of ether oxygens (including phenoxy) is 1. The number of nitrogens with one attached hydrogen (secondary N) is 1. The summed E-state index contributed by atoms with van der Waals surface area (Å²) in [7, 11) is 0. The van der Waals surface area contributed by atoms with Gasteiger partial charge in [-0.1, -0.05) is 0 Å². The summed E-state index contributed by atoms with van der Waals surface area (Å²) in [4.78, 5) is 7.27. The van der Waals surface area contributed by atoms with E-state index in [2.05, 4.69) is 20.2 Å². The molecule has 0 spiro atoms. The quantitative estimate of drug-likeness (QED) is 0.420. The third kappa shape index (κ3) is 4.47. The van der Waals surface area contributed by atoms with Crippen LogP contribution in [-0.2, 0) is 12.1 Å². The van der Waals surface area contributed by atoms with Crippen LogP contribution in [0.4, 0.5) is 13.2 Å². The number of hydrogen-bond donors (Lipinski definition) is 1. The number of hydrogen-bond acceptors (Lipinski definition) is 4. The number of aromatic amines is 1. The molecule has 166 valence electrons. The van der Waals surface area contributed by atoms with Crippen molar-refractivity contribution in [2.45, 2.75) is 32.9 Å². The number of fused-ring (bicyclic) bond motifs is 1. The van der Waals surface area contributed by atoms with Crippen molar-refractivity contribution < 1.29 is 17.9 Å². The average molecular weight is 474 g/mol. The summed E-state index contributed by atoms with van der Waals surface area (Å²) in [5, 5.41) is 8.48. The van der Waals surface area contributed by atoms with Crippen LogP contribution >= 0.6 is 24.8 Å². The van der Waals surface area contributed by atoms with E-state index in [1.165, 1.54) is 0 Å². The molecule has 0 fully saturated rings. The predicted octanol–water partition coefficient (Wildman–Crippen LogP) is 5.42. The fraction of sp³-hybridized carbons (Fsp3) is 0.250. The molecule has 2 heterocycles. The lowest BCUT2D eigenvalue weighted by Crippen LogP contribution is -2.30. The van der Waals surface area contributed by atoms with E-state index in [1.54, 1.807) is 24.7 Å². The van der Waals surface area contributed by atoms with Crippen LogP contribution in [-0.4, -0.2) is 24.7 Å². The maximum absolute atomic E-state index is 14.1. The zero-order valence-corrected chi connectivity index (χ0v) is 18.5. The van der Waals surface area contributed by atoms with Gasteiger partial charge in [-0.05, 0) is 39.0 Å². The standard InChI is InChI=1S/C20H18F3N5O.2ClH/c1-4-28-18(11-5-6-15-16(7-11)25-10-24-15)26-27-19(28)20(2,3)29-17-13(22)8-12(21)9-14(17)23;;/h5-10H,4H2,1-3H3,(H,24,25);2*1H. The Balaban J connectivity index is 0.00000171. The molecule has 0 amide bonds. The fourth-order valence-corrected chi connectivity index (χ4v) is 3.26. The van der Waals surface area contributed by atoms with E-state index < -0.39 is 28.8 Å². The number of rotatable bonds is 5. The third-order valence-electron chi connectivity index (χ3n) is 4.61. The van der Waals surface area contributed by atoms with E-state index in [0.29, 0.717) is 30.3 Å². The summed E-state index contributed by atoms with van der Waals surface area (Å²) >= 11 is 0. The van der Waals surface area contributed by atoms with Crippen molar-refractivity contribution in [2.75, 3.05) is 0 Å². The van der Waals surface area contributed by atoms with Gasteiger partial charge < -0.3 is 14.3 Å². The van der Waals surface area contributed by atoms with E-state index in [4.69, 9.17) is 4.74 Å². The van der Waals surface area contributed by atoms with Crippen LogP contribution in [0.2, 0.25) is 0 Å². The molecule has 2 aromatic heterocycles. The summed E-state index contributed by atoms with van der Waals surface area (Å²) in [6.07, 6.45) is 1.60. The Hall–Kier alpha value is -2.78. The van der Waals surface area contributed by atoms with Crippen LogP contribution in [0.3, 0.4) is 0 Å². The first-order valence-electron chi connectivity index (χ1n) is 9.01. The van der Waals surface area contributed by atoms with Gasteiger partial charge in [-0.2, -0.15) is 0 Å². The van der Waals surface area contributed by atoms with Crippen LogP contribution in [0.15, 0.2) is 36.7 Å². The smallest absolute Gasteiger partial charge is 0.192 e. The zero-order valence-electron chi connectivity index (χ0n) is 16.8. The Morgan fingerprint density at radius 3 is 2.35 bits per heavy atom. The van der Waals surface area contributed by atoms with E-state index in [0.717, 1.165) is 16.6 Å². The SMILES string of the molecule is CCn1c(-c2ccc3[nH]cnc3c2)nnc1C(C)(C)Oc1c(F)cc(F)cc1F.Cl.Cl. The van der Waals surface area contributed by atoms with Gasteiger partial charge in [0, 0.05) is 24.2 Å². The highest BCUT2D eigenvalue weighted by Crippen LogP contribution is 2.33. The van der Waals surface area contributed by atoms with Crippen molar-refractivity contribution >= 4 is 35.8 Å². The van der Waals surface area contributed by atoms with E-state index in [9.17, 15) is 13.2 Å². The van der Waals surface area contributed by atoms with Gasteiger partial charge in [0.1, 0.15) is 5.82 Å². The summed E-state index contributed by atoms with van der Waals surface area (Å²) in [5.41, 5.74) is 1.22. The Labute approximate surface area is 188 Å². The van der Waals surface area contributed by atoms with Crippen LogP contribution < -0.4 is 4.74 Å². The van der Waals surface area contributed by atoms with Crippen LogP contribution in [0.1, 0.15) is 26.6 Å². The molecule has 0 unspecified atom stereocenters. The van der Waals surface area contributed by atoms with Crippen molar-refractivity contribution in [1.29, 1.82) is 0 Å². The largest absolute Gasteiger partial charge is 0.474 e. The second kappa shape index (κ2) is 9.15. The number of aromatic nitrogens is 5. The van der Waals surface area contributed by atoms with Gasteiger partial charge >= 0.3 is 0 Å². The molecule has 31 heavy (non-hydrogen) atoms. The molecule has 0 saturated heterocycles. The van der Waals surface area contributed by atoms with Gasteiger partial charge in [0.2, 0.25) is 0 Å². The summed E-state index contributed by atoms with van der Waals surface area (Å²) in [6, 6.07) is 6.79. The van der Waals surface area contributed by atoms with Gasteiger partial charge in [-0.25, -0.2) is 18.2 Å². The molecule has 0 atom stereocenters. The van der Waals surface area contributed by atoms with Crippen LogP contribution in [0, 0.1) is 17.5 Å². The fourth-order valence-electron chi connectivity index (χ4n) is 3.26. The first-order valence-corrected chi connectivity index (χ1v) is 9.01. The molecule has 0 aliphatic heterocycles. The monoisotopic (exact) mass is 473 g/mol. The van der Waals surface area contributed by atoms with Gasteiger partial charge in [-0.15, -0.1) is 35.0 Å². The van der Waals surface area contributed by atoms with Gasteiger partial charge in [-0.3, -0.25) is 0 Å². The Morgan fingerprint density at radius 2 is 1.71 bits per heavy atom.